The van der Waals surface area contributed by atoms with Crippen LogP contribution in [0.3, 0.4) is 0 Å². The normalized spacial score (nSPS) is 14.5. The molecule has 2 aromatic rings. The zero-order valence-electron chi connectivity index (χ0n) is 16.3. The lowest BCUT2D eigenvalue weighted by atomic mass is 10.2. The molecule has 0 bridgehead atoms. The number of nitrogens with zero attached hydrogens (tertiary/aromatic N) is 2. The second kappa shape index (κ2) is 10.2. The molecule has 0 aliphatic carbocycles. The lowest BCUT2D eigenvalue weighted by Gasteiger charge is -2.35. The van der Waals surface area contributed by atoms with E-state index >= 15 is 0 Å². The number of carbonyl (C=O) groups is 1. The van der Waals surface area contributed by atoms with Gasteiger partial charge in [-0.05, 0) is 36.4 Å². The SMILES string of the molecule is C=CCSc1ccccc1NC(=O)CN1CCN(c2ccc(OC)cc2)CC1. The largest absolute Gasteiger partial charge is 0.497 e. The maximum atomic E-state index is 12.5. The van der Waals surface area contributed by atoms with Crippen molar-refractivity contribution in [1.82, 2.24) is 4.90 Å². The van der Waals surface area contributed by atoms with Crippen LogP contribution in [0.2, 0.25) is 0 Å². The smallest absolute Gasteiger partial charge is 0.238 e. The number of thioether (sulfide) groups is 1. The van der Waals surface area contributed by atoms with Crippen molar-refractivity contribution in [2.45, 2.75) is 4.90 Å². The Morgan fingerprint density at radius 3 is 2.54 bits per heavy atom. The minimum absolute atomic E-state index is 0.0320. The highest BCUT2D eigenvalue weighted by Gasteiger charge is 2.19. The van der Waals surface area contributed by atoms with Gasteiger partial charge in [0.25, 0.3) is 0 Å². The molecule has 0 aromatic heterocycles. The molecule has 1 saturated heterocycles. The highest BCUT2D eigenvalue weighted by atomic mass is 32.2. The molecular formula is C22H27N3O2S. The van der Waals surface area contributed by atoms with Gasteiger partial charge in [-0.15, -0.1) is 18.3 Å². The van der Waals surface area contributed by atoms with Crippen LogP contribution in [0.1, 0.15) is 0 Å². The first-order valence-electron chi connectivity index (χ1n) is 9.43. The van der Waals surface area contributed by atoms with Gasteiger partial charge in [0, 0.05) is 42.5 Å². The predicted molar refractivity (Wildman–Crippen MR) is 118 cm³/mol. The molecule has 28 heavy (non-hydrogen) atoms. The van der Waals surface area contributed by atoms with Crippen molar-refractivity contribution in [3.63, 3.8) is 0 Å². The number of hydrogen-bond donors (Lipinski definition) is 1. The standard InChI is InChI=1S/C22H27N3O2S/c1-3-16-28-21-7-5-4-6-20(21)23-22(26)17-24-12-14-25(15-13-24)18-8-10-19(27-2)11-9-18/h3-11H,1,12-17H2,2H3,(H,23,26). The van der Waals surface area contributed by atoms with E-state index < -0.39 is 0 Å². The first-order chi connectivity index (χ1) is 13.7. The van der Waals surface area contributed by atoms with Crippen molar-refractivity contribution < 1.29 is 9.53 Å². The quantitative estimate of drug-likeness (QED) is 0.543. The van der Waals surface area contributed by atoms with Gasteiger partial charge in [-0.25, -0.2) is 0 Å². The Kier molecular flexibility index (Phi) is 7.39. The van der Waals surface area contributed by atoms with E-state index in [1.807, 2.05) is 42.5 Å². The Morgan fingerprint density at radius 1 is 1.14 bits per heavy atom. The molecule has 1 amide bonds. The lowest BCUT2D eigenvalue weighted by molar-refractivity contribution is -0.117. The Labute approximate surface area is 171 Å². The van der Waals surface area contributed by atoms with Crippen LogP contribution in [0, 0.1) is 0 Å². The fourth-order valence-electron chi connectivity index (χ4n) is 3.19. The summed E-state index contributed by atoms with van der Waals surface area (Å²) in [7, 11) is 1.68. The summed E-state index contributed by atoms with van der Waals surface area (Å²) in [5.74, 6) is 1.72. The summed E-state index contributed by atoms with van der Waals surface area (Å²) in [6.45, 7) is 7.72. The van der Waals surface area contributed by atoms with Crippen molar-refractivity contribution in [3.05, 3.63) is 61.2 Å². The van der Waals surface area contributed by atoms with Crippen LogP contribution >= 0.6 is 11.8 Å². The molecule has 0 atom stereocenters. The predicted octanol–water partition coefficient (Wildman–Crippen LogP) is 3.73. The second-order valence-corrected chi connectivity index (χ2v) is 7.67. The van der Waals surface area contributed by atoms with E-state index in [-0.39, 0.29) is 5.91 Å². The van der Waals surface area contributed by atoms with Gasteiger partial charge < -0.3 is 15.0 Å². The molecule has 1 N–H and O–H groups in total. The van der Waals surface area contributed by atoms with Crippen LogP contribution in [-0.2, 0) is 4.79 Å². The number of piperazine rings is 1. The average Bonchev–Trinajstić information content (AvgIpc) is 2.74. The van der Waals surface area contributed by atoms with Crippen LogP contribution < -0.4 is 15.0 Å². The second-order valence-electron chi connectivity index (χ2n) is 6.61. The number of ether oxygens (including phenoxy) is 1. The average molecular weight is 398 g/mol. The zero-order chi connectivity index (χ0) is 19.8. The van der Waals surface area contributed by atoms with Crippen molar-refractivity contribution >= 4 is 29.0 Å². The molecule has 0 unspecified atom stereocenters. The Hall–Kier alpha value is -2.44. The molecule has 3 rings (SSSR count). The van der Waals surface area contributed by atoms with E-state index in [0.717, 1.165) is 48.3 Å². The van der Waals surface area contributed by atoms with Crippen LogP contribution in [0.25, 0.3) is 0 Å². The number of methoxy groups -OCH3 is 1. The molecular weight excluding hydrogens is 370 g/mol. The molecule has 2 aromatic carbocycles. The fraction of sp³-hybridized carbons (Fsp3) is 0.318. The fourth-order valence-corrected chi connectivity index (χ4v) is 3.94. The van der Waals surface area contributed by atoms with E-state index in [4.69, 9.17) is 4.74 Å². The van der Waals surface area contributed by atoms with Crippen LogP contribution in [-0.4, -0.2) is 56.4 Å². The number of nitrogens with one attached hydrogen (secondary N) is 1. The lowest BCUT2D eigenvalue weighted by Crippen LogP contribution is -2.48. The summed E-state index contributed by atoms with van der Waals surface area (Å²) >= 11 is 1.67. The van der Waals surface area contributed by atoms with Gasteiger partial charge >= 0.3 is 0 Å². The highest BCUT2D eigenvalue weighted by molar-refractivity contribution is 7.99. The number of carbonyl (C=O) groups excluding carboxylic acids is 1. The Bertz CT molecular complexity index is 787. The van der Waals surface area contributed by atoms with Gasteiger partial charge in [-0.1, -0.05) is 18.2 Å². The van der Waals surface area contributed by atoms with Crippen LogP contribution in [0.5, 0.6) is 5.75 Å². The first kappa shape index (κ1) is 20.3. The van der Waals surface area contributed by atoms with E-state index in [9.17, 15) is 4.79 Å². The minimum Gasteiger partial charge on any atom is -0.497 e. The summed E-state index contributed by atoms with van der Waals surface area (Å²) in [5, 5.41) is 3.06. The number of para-hydroxylation sites is 1. The molecule has 1 aliphatic rings. The summed E-state index contributed by atoms with van der Waals surface area (Å²) in [6, 6.07) is 16.0. The first-order valence-corrected chi connectivity index (χ1v) is 10.4. The van der Waals surface area contributed by atoms with Crippen LogP contribution in [0.4, 0.5) is 11.4 Å². The van der Waals surface area contributed by atoms with Crippen molar-refractivity contribution in [2.24, 2.45) is 0 Å². The maximum Gasteiger partial charge on any atom is 0.238 e. The van der Waals surface area contributed by atoms with Crippen molar-refractivity contribution in [1.29, 1.82) is 0 Å². The van der Waals surface area contributed by atoms with Gasteiger partial charge in [0.1, 0.15) is 5.75 Å². The van der Waals surface area contributed by atoms with Crippen molar-refractivity contribution in [2.75, 3.05) is 55.8 Å². The van der Waals surface area contributed by atoms with Crippen molar-refractivity contribution in [3.8, 4) is 5.75 Å². The van der Waals surface area contributed by atoms with E-state index in [0.29, 0.717) is 6.54 Å². The van der Waals surface area contributed by atoms with E-state index in [1.54, 1.807) is 18.9 Å². The summed E-state index contributed by atoms with van der Waals surface area (Å²) < 4.78 is 5.22. The zero-order valence-corrected chi connectivity index (χ0v) is 17.1. The highest BCUT2D eigenvalue weighted by Crippen LogP contribution is 2.27. The minimum atomic E-state index is 0.0320. The van der Waals surface area contributed by atoms with E-state index in [2.05, 4.69) is 33.8 Å². The van der Waals surface area contributed by atoms with Gasteiger partial charge in [0.2, 0.25) is 5.91 Å². The molecule has 0 saturated carbocycles. The molecule has 1 aliphatic heterocycles. The third-order valence-electron chi connectivity index (χ3n) is 4.69. The molecule has 0 spiro atoms. The molecule has 6 heteroatoms. The van der Waals surface area contributed by atoms with Gasteiger partial charge in [0.15, 0.2) is 0 Å². The number of anilines is 2. The van der Waals surface area contributed by atoms with Gasteiger partial charge in [-0.2, -0.15) is 0 Å². The summed E-state index contributed by atoms with van der Waals surface area (Å²) in [5.41, 5.74) is 2.06. The van der Waals surface area contributed by atoms with E-state index in [1.165, 1.54) is 5.69 Å². The summed E-state index contributed by atoms with van der Waals surface area (Å²) in [4.78, 5) is 18.1. The monoisotopic (exact) mass is 397 g/mol. The number of amides is 1. The third kappa shape index (κ3) is 5.53. The number of rotatable bonds is 8. The number of hydrogen-bond acceptors (Lipinski definition) is 5. The number of benzene rings is 2. The topological polar surface area (TPSA) is 44.8 Å². The third-order valence-corrected chi connectivity index (χ3v) is 5.76. The Morgan fingerprint density at radius 2 is 1.86 bits per heavy atom. The van der Waals surface area contributed by atoms with Gasteiger partial charge in [-0.3, -0.25) is 9.69 Å². The summed E-state index contributed by atoms with van der Waals surface area (Å²) in [6.07, 6.45) is 1.87. The molecule has 148 valence electrons. The molecule has 5 nitrogen and oxygen atoms in total. The Balaban J connectivity index is 1.49. The molecule has 0 radical (unpaired) electrons. The van der Waals surface area contributed by atoms with Crippen LogP contribution in [0.15, 0.2) is 66.1 Å². The van der Waals surface area contributed by atoms with Gasteiger partial charge in [0.05, 0.1) is 19.3 Å². The molecule has 1 heterocycles. The molecule has 1 fully saturated rings. The maximum absolute atomic E-state index is 12.5.